The summed E-state index contributed by atoms with van der Waals surface area (Å²) >= 11 is -1.27. The maximum Gasteiger partial charge on any atom is 0.303 e. The molecule has 6 atom stereocenters. The zero-order valence-electron chi connectivity index (χ0n) is 26.0. The molecule has 1 heterocycles. The molecule has 16 heteroatoms. The lowest BCUT2D eigenvalue weighted by molar-refractivity contribution is -0.279. The Hall–Kier alpha value is -2.83. The number of ether oxygens (including phenoxy) is 9. The van der Waals surface area contributed by atoms with Gasteiger partial charge in [-0.25, -0.2) is 0 Å². The number of esters is 3. The molecular formula is C29H43NO14S. The van der Waals surface area contributed by atoms with Crippen molar-refractivity contribution < 1.29 is 66.4 Å². The molecule has 0 radical (unpaired) electrons. The van der Waals surface area contributed by atoms with Crippen LogP contribution in [0.3, 0.4) is 0 Å². The van der Waals surface area contributed by atoms with Crippen molar-refractivity contribution in [1.82, 2.24) is 5.32 Å². The maximum atomic E-state index is 12.0. The molecule has 0 bridgehead atoms. The summed E-state index contributed by atoms with van der Waals surface area (Å²) in [7, 11) is 0. The fraction of sp³-hybridized carbons (Fsp3) is 0.655. The molecular weight excluding hydrogens is 618 g/mol. The van der Waals surface area contributed by atoms with Crippen molar-refractivity contribution in [3.8, 4) is 0 Å². The van der Waals surface area contributed by atoms with E-state index in [1.54, 1.807) is 0 Å². The highest BCUT2D eigenvalue weighted by atomic mass is 32.2. The standard InChI is InChI=1S/C29H43NO14S/c1-20(31)30-26-28(43-23(4)34)27(42-22(3)33)25(17-41-21(2)32)44-29(26)40-15-14-37-11-10-36-12-13-38-18-45(35)19-39-16-24-8-6-5-7-9-24/h5-9,25-29H,10-19H2,1-4H3,(H,30,31)/t25-,26?,27+,28-,29-,45-/m1/s1. The van der Waals surface area contributed by atoms with Crippen LogP contribution in [0, 0.1) is 0 Å². The summed E-state index contributed by atoms with van der Waals surface area (Å²) in [6, 6.07) is 8.53. The molecule has 1 aromatic carbocycles. The number of hydrogen-bond acceptors (Lipinski definition) is 14. The van der Waals surface area contributed by atoms with E-state index in [4.69, 9.17) is 42.6 Å². The summed E-state index contributed by atoms with van der Waals surface area (Å²) < 4.78 is 61.2. The second-order valence-electron chi connectivity index (χ2n) is 9.73. The van der Waals surface area contributed by atoms with E-state index in [9.17, 15) is 23.7 Å². The molecule has 15 nitrogen and oxygen atoms in total. The van der Waals surface area contributed by atoms with E-state index in [1.807, 2.05) is 30.3 Å². The molecule has 1 aliphatic rings. The Morgan fingerprint density at radius 1 is 0.778 bits per heavy atom. The number of rotatable bonds is 21. The van der Waals surface area contributed by atoms with E-state index in [-0.39, 0.29) is 58.1 Å². The predicted octanol–water partition coefficient (Wildman–Crippen LogP) is 0.589. The lowest BCUT2D eigenvalue weighted by Crippen LogP contribution is -2.66. The van der Waals surface area contributed by atoms with Gasteiger partial charge in [-0.05, 0) is 5.56 Å². The lowest BCUT2D eigenvalue weighted by atomic mass is 9.96. The van der Waals surface area contributed by atoms with Crippen molar-refractivity contribution in [2.75, 3.05) is 58.1 Å². The van der Waals surface area contributed by atoms with Crippen molar-refractivity contribution in [1.29, 1.82) is 0 Å². The molecule has 1 N–H and O–H groups in total. The fourth-order valence-electron chi connectivity index (χ4n) is 4.11. The average Bonchev–Trinajstić information content (AvgIpc) is 2.97. The first-order valence-electron chi connectivity index (χ1n) is 14.3. The second kappa shape index (κ2) is 21.8. The average molecular weight is 662 g/mol. The van der Waals surface area contributed by atoms with E-state index < -0.39 is 65.6 Å². The first kappa shape index (κ1) is 38.4. The third-order valence-corrected chi connectivity index (χ3v) is 6.73. The van der Waals surface area contributed by atoms with Gasteiger partial charge in [0.15, 0.2) is 18.5 Å². The van der Waals surface area contributed by atoms with Crippen LogP contribution >= 0.6 is 0 Å². The van der Waals surface area contributed by atoms with E-state index in [0.717, 1.165) is 19.4 Å². The summed E-state index contributed by atoms with van der Waals surface area (Å²) in [6.45, 7) is 5.99. The van der Waals surface area contributed by atoms with Crippen LogP contribution in [-0.4, -0.2) is 117 Å². The van der Waals surface area contributed by atoms with Crippen LogP contribution in [0.25, 0.3) is 0 Å². The van der Waals surface area contributed by atoms with Crippen molar-refractivity contribution in [2.24, 2.45) is 0 Å². The Balaban J connectivity index is 1.71. The molecule has 1 saturated heterocycles. The number of carbonyl (C=O) groups excluding carboxylic acids is 4. The third kappa shape index (κ3) is 16.3. The quantitative estimate of drug-likeness (QED) is 0.0835. The number of nitrogens with one attached hydrogen (secondary N) is 1. The molecule has 254 valence electrons. The molecule has 1 fully saturated rings. The van der Waals surface area contributed by atoms with Gasteiger partial charge in [0.1, 0.15) is 18.8 Å². The highest BCUT2D eigenvalue weighted by Crippen LogP contribution is 2.28. The van der Waals surface area contributed by atoms with E-state index in [0.29, 0.717) is 6.61 Å². The van der Waals surface area contributed by atoms with Crippen LogP contribution in [0.15, 0.2) is 30.3 Å². The topological polar surface area (TPSA) is 186 Å². The Morgan fingerprint density at radius 3 is 1.96 bits per heavy atom. The van der Waals surface area contributed by atoms with Crippen molar-refractivity contribution in [3.05, 3.63) is 35.9 Å². The Morgan fingerprint density at radius 2 is 1.36 bits per heavy atom. The van der Waals surface area contributed by atoms with Crippen LogP contribution in [0.1, 0.15) is 33.3 Å². The lowest BCUT2D eigenvalue weighted by Gasteiger charge is -2.44. The second-order valence-corrected chi connectivity index (χ2v) is 11.1. The summed E-state index contributed by atoms with van der Waals surface area (Å²) in [5, 5.41) is 2.62. The van der Waals surface area contributed by atoms with Crippen LogP contribution in [-0.2, 0) is 79.6 Å². The largest absolute Gasteiger partial charge is 0.613 e. The van der Waals surface area contributed by atoms with E-state index >= 15 is 0 Å². The first-order chi connectivity index (χ1) is 21.6. The smallest absolute Gasteiger partial charge is 0.303 e. The molecule has 1 unspecified atom stereocenters. The van der Waals surface area contributed by atoms with Gasteiger partial charge < -0.3 is 52.5 Å². The fourth-order valence-corrected chi connectivity index (χ4v) is 4.75. The van der Waals surface area contributed by atoms with Gasteiger partial charge in [0, 0.05) is 38.9 Å². The van der Waals surface area contributed by atoms with Crippen molar-refractivity contribution in [2.45, 2.75) is 64.9 Å². The van der Waals surface area contributed by atoms with Gasteiger partial charge in [-0.15, -0.1) is 0 Å². The minimum absolute atomic E-state index is 0.00727. The predicted molar refractivity (Wildman–Crippen MR) is 157 cm³/mol. The molecule has 1 aromatic rings. The number of amides is 1. The maximum absolute atomic E-state index is 12.0. The Kier molecular flexibility index (Phi) is 18.6. The van der Waals surface area contributed by atoms with Crippen LogP contribution in [0.2, 0.25) is 0 Å². The molecule has 0 saturated carbocycles. The molecule has 0 aliphatic carbocycles. The summed E-state index contributed by atoms with van der Waals surface area (Å²) in [5.74, 6) is -2.37. The molecule has 0 aromatic heterocycles. The molecule has 1 aliphatic heterocycles. The Labute approximate surface area is 265 Å². The van der Waals surface area contributed by atoms with Crippen molar-refractivity contribution >= 4 is 35.0 Å². The summed E-state index contributed by atoms with van der Waals surface area (Å²) in [5.41, 5.74) is 1.00. The normalized spacial score (nSPS) is 21.8. The van der Waals surface area contributed by atoms with Crippen LogP contribution in [0.4, 0.5) is 0 Å². The SMILES string of the molecule is CC(=O)NC1[C@H](OCCOCCOCCOC[S@@+]([O-])COCc2ccccc2)O[C@H](COC(C)=O)[C@H](OC(C)=O)[C@@H]1OC(C)=O. The van der Waals surface area contributed by atoms with Crippen LogP contribution < -0.4 is 5.32 Å². The summed E-state index contributed by atoms with van der Waals surface area (Å²) in [6.07, 6.45) is -4.64. The monoisotopic (exact) mass is 661 g/mol. The molecule has 2 rings (SSSR count). The van der Waals surface area contributed by atoms with Gasteiger partial charge in [0.05, 0.1) is 46.2 Å². The van der Waals surface area contributed by atoms with Gasteiger partial charge in [-0.1, -0.05) is 30.3 Å². The molecule has 45 heavy (non-hydrogen) atoms. The number of benzene rings is 1. The minimum Gasteiger partial charge on any atom is -0.613 e. The summed E-state index contributed by atoms with van der Waals surface area (Å²) in [4.78, 5) is 47.1. The third-order valence-electron chi connectivity index (χ3n) is 5.87. The van der Waals surface area contributed by atoms with Crippen LogP contribution in [0.5, 0.6) is 0 Å². The zero-order valence-corrected chi connectivity index (χ0v) is 26.8. The molecule has 0 spiro atoms. The minimum atomic E-state index is -1.27. The van der Waals surface area contributed by atoms with Gasteiger partial charge in [0.2, 0.25) is 17.8 Å². The highest BCUT2D eigenvalue weighted by molar-refractivity contribution is 7.91. The van der Waals surface area contributed by atoms with Gasteiger partial charge >= 0.3 is 17.9 Å². The van der Waals surface area contributed by atoms with E-state index in [2.05, 4.69) is 5.32 Å². The highest BCUT2D eigenvalue weighted by Gasteiger charge is 2.51. The van der Waals surface area contributed by atoms with E-state index in [1.165, 1.54) is 13.8 Å². The van der Waals surface area contributed by atoms with Gasteiger partial charge in [0.25, 0.3) is 0 Å². The van der Waals surface area contributed by atoms with Crippen molar-refractivity contribution in [3.63, 3.8) is 0 Å². The van der Waals surface area contributed by atoms with Gasteiger partial charge in [-0.3, -0.25) is 19.2 Å². The zero-order chi connectivity index (χ0) is 33.0. The first-order valence-corrected chi connectivity index (χ1v) is 15.8. The van der Waals surface area contributed by atoms with Gasteiger partial charge in [-0.2, -0.15) is 0 Å². The Bertz CT molecular complexity index is 1030. The number of hydrogen-bond donors (Lipinski definition) is 1. The number of carbonyl (C=O) groups is 4. The molecule has 1 amide bonds.